The van der Waals surface area contributed by atoms with Crippen LogP contribution in [0.3, 0.4) is 0 Å². The minimum absolute atomic E-state index is 0.0368. The van der Waals surface area contributed by atoms with Crippen molar-refractivity contribution >= 4 is 0 Å². The van der Waals surface area contributed by atoms with Crippen molar-refractivity contribution in [3.05, 3.63) is 18.2 Å². The molecule has 1 N–H and O–H groups in total. The van der Waals surface area contributed by atoms with Crippen LogP contribution in [-0.4, -0.2) is 26.9 Å². The van der Waals surface area contributed by atoms with Crippen LogP contribution in [0.4, 0.5) is 13.2 Å². The van der Waals surface area contributed by atoms with Crippen LogP contribution in [-0.2, 0) is 13.5 Å². The second-order valence-electron chi connectivity index (χ2n) is 5.39. The van der Waals surface area contributed by atoms with E-state index in [4.69, 9.17) is 0 Å². The van der Waals surface area contributed by atoms with Gasteiger partial charge in [0.15, 0.2) is 0 Å². The molecule has 0 amide bonds. The van der Waals surface area contributed by atoms with E-state index in [2.05, 4.69) is 4.98 Å². The van der Waals surface area contributed by atoms with Gasteiger partial charge < -0.3 is 9.67 Å². The maximum Gasteiger partial charge on any atom is 0.391 e. The van der Waals surface area contributed by atoms with Gasteiger partial charge in [-0.15, -0.1) is 0 Å². The number of aromatic nitrogens is 2. The van der Waals surface area contributed by atoms with Crippen molar-refractivity contribution in [3.8, 4) is 0 Å². The van der Waals surface area contributed by atoms with Gasteiger partial charge in [0.2, 0.25) is 0 Å². The number of aliphatic hydroxyl groups excluding tert-OH is 1. The number of nitrogens with zero attached hydrogens (tertiary/aromatic N) is 2. The maximum absolute atomic E-state index is 12.7. The highest BCUT2D eigenvalue weighted by atomic mass is 19.4. The summed E-state index contributed by atoms with van der Waals surface area (Å²) in [6.07, 6.45) is 0.254. The number of halogens is 3. The number of rotatable bonds is 3. The molecule has 0 radical (unpaired) electrons. The monoisotopic (exact) mass is 276 g/mol. The Hall–Kier alpha value is -1.04. The van der Waals surface area contributed by atoms with E-state index in [0.29, 0.717) is 25.1 Å². The van der Waals surface area contributed by atoms with Gasteiger partial charge in [0, 0.05) is 25.9 Å². The molecule has 1 saturated carbocycles. The molecule has 3 atom stereocenters. The lowest BCUT2D eigenvalue weighted by Gasteiger charge is -2.33. The molecular formula is C13H19F3N2O. The van der Waals surface area contributed by atoms with E-state index in [1.54, 1.807) is 17.0 Å². The third-order valence-corrected chi connectivity index (χ3v) is 4.03. The van der Waals surface area contributed by atoms with E-state index in [1.807, 2.05) is 7.05 Å². The van der Waals surface area contributed by atoms with Gasteiger partial charge >= 0.3 is 6.18 Å². The summed E-state index contributed by atoms with van der Waals surface area (Å²) < 4.78 is 39.9. The zero-order valence-corrected chi connectivity index (χ0v) is 10.9. The summed E-state index contributed by atoms with van der Waals surface area (Å²) in [5, 5.41) is 10.1. The predicted molar refractivity (Wildman–Crippen MR) is 64.4 cm³/mol. The summed E-state index contributed by atoms with van der Waals surface area (Å²) >= 11 is 0. The van der Waals surface area contributed by atoms with E-state index < -0.39 is 18.2 Å². The molecule has 0 bridgehead atoms. The summed E-state index contributed by atoms with van der Waals surface area (Å²) in [6.45, 7) is 0. The summed E-state index contributed by atoms with van der Waals surface area (Å²) in [6, 6.07) is 0. The Morgan fingerprint density at radius 3 is 2.79 bits per heavy atom. The van der Waals surface area contributed by atoms with E-state index in [9.17, 15) is 18.3 Å². The highest BCUT2D eigenvalue weighted by molar-refractivity contribution is 4.95. The van der Waals surface area contributed by atoms with Gasteiger partial charge in [0.25, 0.3) is 0 Å². The van der Waals surface area contributed by atoms with E-state index in [-0.39, 0.29) is 18.8 Å². The molecule has 6 heteroatoms. The lowest BCUT2D eigenvalue weighted by molar-refractivity contribution is -0.188. The fourth-order valence-electron chi connectivity index (χ4n) is 2.82. The van der Waals surface area contributed by atoms with E-state index in [1.165, 1.54) is 0 Å². The van der Waals surface area contributed by atoms with Crippen LogP contribution < -0.4 is 0 Å². The SMILES string of the molecule is Cn1ccnc1CC(O)C1CCCC(C(F)(F)F)C1. The van der Waals surface area contributed by atoms with Crippen molar-refractivity contribution in [2.45, 2.75) is 44.4 Å². The molecular weight excluding hydrogens is 257 g/mol. The van der Waals surface area contributed by atoms with Gasteiger partial charge in [-0.3, -0.25) is 0 Å². The van der Waals surface area contributed by atoms with Crippen molar-refractivity contribution in [3.63, 3.8) is 0 Å². The van der Waals surface area contributed by atoms with Crippen molar-refractivity contribution in [1.82, 2.24) is 9.55 Å². The minimum Gasteiger partial charge on any atom is -0.392 e. The molecule has 0 aromatic carbocycles. The molecule has 3 nitrogen and oxygen atoms in total. The fraction of sp³-hybridized carbons (Fsp3) is 0.769. The molecule has 108 valence electrons. The minimum atomic E-state index is -4.14. The Balaban J connectivity index is 1.96. The Bertz CT molecular complexity index is 416. The predicted octanol–water partition coefficient (Wildman–Crippen LogP) is 2.69. The normalized spacial score (nSPS) is 26.4. The van der Waals surface area contributed by atoms with Crippen LogP contribution in [0.15, 0.2) is 12.4 Å². The highest BCUT2D eigenvalue weighted by Gasteiger charge is 2.43. The molecule has 1 aliphatic carbocycles. The average Bonchev–Trinajstić information content (AvgIpc) is 2.74. The van der Waals surface area contributed by atoms with Gasteiger partial charge in [-0.05, 0) is 25.2 Å². The first kappa shape index (κ1) is 14.4. The quantitative estimate of drug-likeness (QED) is 0.921. The fourth-order valence-corrected chi connectivity index (χ4v) is 2.82. The van der Waals surface area contributed by atoms with Gasteiger partial charge in [0.05, 0.1) is 12.0 Å². The third kappa shape index (κ3) is 3.49. The lowest BCUT2D eigenvalue weighted by Crippen LogP contribution is -2.34. The van der Waals surface area contributed by atoms with Gasteiger partial charge in [-0.25, -0.2) is 4.98 Å². The number of aliphatic hydroxyl groups is 1. The summed E-state index contributed by atoms with van der Waals surface area (Å²) in [5.41, 5.74) is 0. The van der Waals surface area contributed by atoms with Crippen LogP contribution in [0.5, 0.6) is 0 Å². The van der Waals surface area contributed by atoms with Crippen LogP contribution in [0.2, 0.25) is 0 Å². The molecule has 19 heavy (non-hydrogen) atoms. The molecule has 1 aromatic rings. The molecule has 3 unspecified atom stereocenters. The Morgan fingerprint density at radius 2 is 2.21 bits per heavy atom. The molecule has 0 spiro atoms. The van der Waals surface area contributed by atoms with Crippen LogP contribution in [0.25, 0.3) is 0 Å². The number of alkyl halides is 3. The molecule has 1 aliphatic rings. The van der Waals surface area contributed by atoms with Crippen LogP contribution in [0.1, 0.15) is 31.5 Å². The van der Waals surface area contributed by atoms with Crippen molar-refractivity contribution in [1.29, 1.82) is 0 Å². The van der Waals surface area contributed by atoms with Crippen molar-refractivity contribution < 1.29 is 18.3 Å². The standard InChI is InChI=1S/C13H19F3N2O/c1-18-6-5-17-12(18)8-11(19)9-3-2-4-10(7-9)13(14,15)16/h5-6,9-11,19H,2-4,7-8H2,1H3. The molecule has 0 aliphatic heterocycles. The number of aryl methyl sites for hydroxylation is 1. The number of hydrogen-bond donors (Lipinski definition) is 1. The van der Waals surface area contributed by atoms with E-state index >= 15 is 0 Å². The molecule has 1 fully saturated rings. The van der Waals surface area contributed by atoms with Crippen molar-refractivity contribution in [2.75, 3.05) is 0 Å². The van der Waals surface area contributed by atoms with Gasteiger partial charge in [-0.1, -0.05) is 6.42 Å². The van der Waals surface area contributed by atoms with Crippen LogP contribution >= 0.6 is 0 Å². The average molecular weight is 276 g/mol. The van der Waals surface area contributed by atoms with E-state index in [0.717, 1.165) is 0 Å². The number of imidazole rings is 1. The van der Waals surface area contributed by atoms with Gasteiger partial charge in [-0.2, -0.15) is 13.2 Å². The second kappa shape index (κ2) is 5.53. The first-order chi connectivity index (χ1) is 8.88. The molecule has 1 aromatic heterocycles. The first-order valence-corrected chi connectivity index (χ1v) is 6.59. The Kier molecular flexibility index (Phi) is 4.18. The first-order valence-electron chi connectivity index (χ1n) is 6.59. The Labute approximate surface area is 110 Å². The van der Waals surface area contributed by atoms with Crippen LogP contribution in [0, 0.1) is 11.8 Å². The summed E-state index contributed by atoms with van der Waals surface area (Å²) in [4.78, 5) is 4.10. The third-order valence-electron chi connectivity index (χ3n) is 4.03. The zero-order valence-electron chi connectivity index (χ0n) is 10.9. The van der Waals surface area contributed by atoms with Crippen molar-refractivity contribution in [2.24, 2.45) is 18.9 Å². The Morgan fingerprint density at radius 1 is 1.47 bits per heavy atom. The van der Waals surface area contributed by atoms with Gasteiger partial charge in [0.1, 0.15) is 5.82 Å². The topological polar surface area (TPSA) is 38.0 Å². The molecule has 0 saturated heterocycles. The maximum atomic E-state index is 12.7. The summed E-state index contributed by atoms with van der Waals surface area (Å²) in [5.74, 6) is -0.832. The zero-order chi connectivity index (χ0) is 14.0. The number of hydrogen-bond acceptors (Lipinski definition) is 2. The smallest absolute Gasteiger partial charge is 0.391 e. The lowest BCUT2D eigenvalue weighted by atomic mass is 9.77. The highest BCUT2D eigenvalue weighted by Crippen LogP contribution is 2.41. The molecule has 1 heterocycles. The largest absolute Gasteiger partial charge is 0.392 e. The summed E-state index contributed by atoms with van der Waals surface area (Å²) in [7, 11) is 1.81. The second-order valence-corrected chi connectivity index (χ2v) is 5.39. The molecule has 2 rings (SSSR count).